The Bertz CT molecular complexity index is 268. The molecule has 1 saturated heterocycles. The van der Waals surface area contributed by atoms with E-state index in [1.165, 1.54) is 0 Å². The fraction of sp³-hybridized carbons (Fsp3) is 0.833. The summed E-state index contributed by atoms with van der Waals surface area (Å²) in [5, 5.41) is 8.90. The Labute approximate surface area is 103 Å². The number of nitrogens with one attached hydrogen (secondary N) is 3. The zero-order chi connectivity index (χ0) is 12.7. The van der Waals surface area contributed by atoms with Crippen LogP contribution < -0.4 is 16.0 Å². The first-order valence-electron chi connectivity index (χ1n) is 6.41. The summed E-state index contributed by atoms with van der Waals surface area (Å²) in [6.45, 7) is 5.09. The quantitative estimate of drug-likeness (QED) is 0.642. The fourth-order valence-corrected chi connectivity index (χ4v) is 2.04. The molecule has 0 aromatic rings. The highest BCUT2D eigenvalue weighted by molar-refractivity contribution is 5.84. The molecule has 3 N–H and O–H groups in total. The zero-order valence-electron chi connectivity index (χ0n) is 10.7. The molecule has 0 bridgehead atoms. The summed E-state index contributed by atoms with van der Waals surface area (Å²) in [7, 11) is 0. The summed E-state index contributed by atoms with van der Waals surface area (Å²) in [6, 6.07) is 0.686. The van der Waals surface area contributed by atoms with Gasteiger partial charge in [-0.05, 0) is 32.7 Å². The molecule has 0 spiro atoms. The van der Waals surface area contributed by atoms with E-state index in [4.69, 9.17) is 0 Å². The van der Waals surface area contributed by atoms with Crippen LogP contribution in [-0.4, -0.2) is 37.0 Å². The van der Waals surface area contributed by atoms with Crippen molar-refractivity contribution in [1.82, 2.24) is 16.0 Å². The maximum Gasteiger partial charge on any atom is 0.239 e. The number of carbonyl (C=O) groups is 2. The minimum Gasteiger partial charge on any atom is -0.352 e. The third-order valence-corrected chi connectivity index (χ3v) is 2.91. The van der Waals surface area contributed by atoms with Crippen molar-refractivity contribution in [3.05, 3.63) is 0 Å². The van der Waals surface area contributed by atoms with Crippen LogP contribution in [0.3, 0.4) is 0 Å². The largest absolute Gasteiger partial charge is 0.352 e. The fourth-order valence-electron chi connectivity index (χ4n) is 2.04. The van der Waals surface area contributed by atoms with Crippen LogP contribution in [-0.2, 0) is 9.59 Å². The molecule has 1 rings (SSSR count). The number of rotatable bonds is 5. The molecule has 0 radical (unpaired) electrons. The van der Waals surface area contributed by atoms with E-state index in [2.05, 4.69) is 22.9 Å². The third-order valence-electron chi connectivity index (χ3n) is 2.91. The minimum absolute atomic E-state index is 0.0543. The first-order chi connectivity index (χ1) is 8.11. The Kier molecular flexibility index (Phi) is 5.97. The van der Waals surface area contributed by atoms with Gasteiger partial charge in [0.2, 0.25) is 11.8 Å². The average Bonchev–Trinajstić information content (AvgIpc) is 2.27. The normalized spacial score (nSPS) is 24.1. The Morgan fingerprint density at radius 1 is 1.35 bits per heavy atom. The van der Waals surface area contributed by atoms with E-state index in [1.807, 2.05) is 6.92 Å². The lowest BCUT2D eigenvalue weighted by atomic mass is 10.0. The summed E-state index contributed by atoms with van der Waals surface area (Å²) in [5.41, 5.74) is 0. The zero-order valence-corrected chi connectivity index (χ0v) is 10.7. The van der Waals surface area contributed by atoms with Crippen molar-refractivity contribution in [3.8, 4) is 0 Å². The lowest BCUT2D eigenvalue weighted by molar-refractivity contribution is -0.126. The number of piperidine rings is 1. The van der Waals surface area contributed by atoms with Gasteiger partial charge in [0.15, 0.2) is 0 Å². The van der Waals surface area contributed by atoms with Crippen LogP contribution in [0, 0.1) is 0 Å². The van der Waals surface area contributed by atoms with Gasteiger partial charge in [0, 0.05) is 18.5 Å². The summed E-state index contributed by atoms with van der Waals surface area (Å²) in [6.07, 6.45) is 3.20. The lowest BCUT2D eigenvalue weighted by Gasteiger charge is -2.28. The molecule has 2 atom stereocenters. The van der Waals surface area contributed by atoms with Crippen molar-refractivity contribution in [2.45, 2.75) is 51.6 Å². The van der Waals surface area contributed by atoms with Crippen molar-refractivity contribution in [2.75, 3.05) is 13.1 Å². The minimum atomic E-state index is -0.0893. The van der Waals surface area contributed by atoms with Gasteiger partial charge >= 0.3 is 0 Å². The van der Waals surface area contributed by atoms with Gasteiger partial charge in [-0.2, -0.15) is 0 Å². The SMILES string of the molecule is CCCC(=O)NCC(=O)NC1CCNC(C)C1. The number of amides is 2. The van der Waals surface area contributed by atoms with Crippen LogP contribution >= 0.6 is 0 Å². The van der Waals surface area contributed by atoms with Crippen LogP contribution in [0.4, 0.5) is 0 Å². The summed E-state index contributed by atoms with van der Waals surface area (Å²) >= 11 is 0. The van der Waals surface area contributed by atoms with Gasteiger partial charge < -0.3 is 16.0 Å². The smallest absolute Gasteiger partial charge is 0.239 e. The molecule has 5 nitrogen and oxygen atoms in total. The molecule has 2 amide bonds. The average molecular weight is 241 g/mol. The van der Waals surface area contributed by atoms with E-state index in [1.54, 1.807) is 0 Å². The van der Waals surface area contributed by atoms with Crippen LogP contribution in [0.25, 0.3) is 0 Å². The van der Waals surface area contributed by atoms with Crippen molar-refractivity contribution in [2.24, 2.45) is 0 Å². The van der Waals surface area contributed by atoms with E-state index < -0.39 is 0 Å². The second-order valence-corrected chi connectivity index (χ2v) is 4.67. The standard InChI is InChI=1S/C12H23N3O2/c1-3-4-11(16)14-8-12(17)15-10-5-6-13-9(2)7-10/h9-10,13H,3-8H2,1-2H3,(H,14,16)(H,15,17). The van der Waals surface area contributed by atoms with E-state index in [0.29, 0.717) is 12.5 Å². The Balaban J connectivity index is 2.18. The Morgan fingerprint density at radius 3 is 2.76 bits per heavy atom. The van der Waals surface area contributed by atoms with Crippen LogP contribution in [0.2, 0.25) is 0 Å². The van der Waals surface area contributed by atoms with E-state index in [-0.39, 0.29) is 24.4 Å². The molecule has 2 unspecified atom stereocenters. The lowest BCUT2D eigenvalue weighted by Crippen LogP contribution is -2.48. The topological polar surface area (TPSA) is 70.2 Å². The second kappa shape index (κ2) is 7.27. The van der Waals surface area contributed by atoms with Gasteiger partial charge in [0.25, 0.3) is 0 Å². The van der Waals surface area contributed by atoms with Crippen molar-refractivity contribution in [3.63, 3.8) is 0 Å². The second-order valence-electron chi connectivity index (χ2n) is 4.67. The molecule has 1 aliphatic heterocycles. The highest BCUT2D eigenvalue weighted by Crippen LogP contribution is 2.07. The molecule has 1 heterocycles. The van der Waals surface area contributed by atoms with Gasteiger partial charge in [-0.1, -0.05) is 6.92 Å². The molecular formula is C12H23N3O2. The predicted octanol–water partition coefficient (Wildman–Crippen LogP) is 0.159. The highest BCUT2D eigenvalue weighted by Gasteiger charge is 2.19. The Hall–Kier alpha value is -1.10. The molecule has 5 heteroatoms. The predicted molar refractivity (Wildman–Crippen MR) is 66.5 cm³/mol. The van der Waals surface area contributed by atoms with Gasteiger partial charge in [-0.25, -0.2) is 0 Å². The first-order valence-corrected chi connectivity index (χ1v) is 6.41. The van der Waals surface area contributed by atoms with E-state index >= 15 is 0 Å². The van der Waals surface area contributed by atoms with E-state index in [0.717, 1.165) is 25.8 Å². The molecule has 1 aliphatic rings. The molecule has 0 aromatic heterocycles. The van der Waals surface area contributed by atoms with Crippen molar-refractivity contribution in [1.29, 1.82) is 0 Å². The van der Waals surface area contributed by atoms with Gasteiger partial charge in [-0.3, -0.25) is 9.59 Å². The van der Waals surface area contributed by atoms with Gasteiger partial charge in [0.1, 0.15) is 0 Å². The summed E-state index contributed by atoms with van der Waals surface area (Å²) in [4.78, 5) is 22.8. The van der Waals surface area contributed by atoms with E-state index in [9.17, 15) is 9.59 Å². The maximum absolute atomic E-state index is 11.6. The molecule has 0 aliphatic carbocycles. The molecular weight excluding hydrogens is 218 g/mol. The maximum atomic E-state index is 11.6. The molecule has 0 saturated carbocycles. The Morgan fingerprint density at radius 2 is 2.12 bits per heavy atom. The van der Waals surface area contributed by atoms with Gasteiger partial charge in [-0.15, -0.1) is 0 Å². The molecule has 0 aromatic carbocycles. The first kappa shape index (κ1) is 14.0. The summed E-state index contributed by atoms with van der Waals surface area (Å²) < 4.78 is 0. The molecule has 1 fully saturated rings. The summed E-state index contributed by atoms with van der Waals surface area (Å²) in [5.74, 6) is -0.144. The van der Waals surface area contributed by atoms with Crippen LogP contribution in [0.1, 0.15) is 39.5 Å². The third kappa shape index (κ3) is 5.68. The van der Waals surface area contributed by atoms with Crippen LogP contribution in [0.15, 0.2) is 0 Å². The highest BCUT2D eigenvalue weighted by atomic mass is 16.2. The van der Waals surface area contributed by atoms with Crippen molar-refractivity contribution < 1.29 is 9.59 Å². The molecule has 17 heavy (non-hydrogen) atoms. The number of carbonyl (C=O) groups excluding carboxylic acids is 2. The number of hydrogen-bond donors (Lipinski definition) is 3. The molecule has 98 valence electrons. The monoisotopic (exact) mass is 241 g/mol. The van der Waals surface area contributed by atoms with Crippen molar-refractivity contribution >= 4 is 11.8 Å². The van der Waals surface area contributed by atoms with Crippen LogP contribution in [0.5, 0.6) is 0 Å². The number of hydrogen-bond acceptors (Lipinski definition) is 3. The van der Waals surface area contributed by atoms with Gasteiger partial charge in [0.05, 0.1) is 6.54 Å².